The van der Waals surface area contributed by atoms with Crippen molar-refractivity contribution in [2.45, 2.75) is 0 Å². The molecule has 0 saturated carbocycles. The van der Waals surface area contributed by atoms with Crippen molar-refractivity contribution in [2.24, 2.45) is 0 Å². The first-order valence-electron chi connectivity index (χ1n) is 19.5. The van der Waals surface area contributed by atoms with E-state index in [9.17, 15) is 0 Å². The first kappa shape index (κ1) is 30.6. The molecule has 3 heterocycles. The smallest absolute Gasteiger partial charge is 0.227 e. The maximum Gasteiger partial charge on any atom is 0.227 e. The normalized spacial score (nSPS) is 12.2. The molecule has 0 unspecified atom stereocenters. The molecule has 0 fully saturated rings. The van der Waals surface area contributed by atoms with Gasteiger partial charge in [-0.3, -0.25) is 0 Å². The summed E-state index contributed by atoms with van der Waals surface area (Å²) in [6.45, 7) is 0. The van der Waals surface area contributed by atoms with E-state index < -0.39 is 0 Å². The first-order valence-corrected chi connectivity index (χ1v) is 19.5. The lowest BCUT2D eigenvalue weighted by Crippen LogP contribution is -1.94. The lowest BCUT2D eigenvalue weighted by atomic mass is 9.99. The predicted octanol–water partition coefficient (Wildman–Crippen LogP) is 14.2. The second-order valence-corrected chi connectivity index (χ2v) is 15.1. The molecule has 4 nitrogen and oxygen atoms in total. The summed E-state index contributed by atoms with van der Waals surface area (Å²) in [7, 11) is 0. The Hall–Kier alpha value is -7.69. The highest BCUT2D eigenvalue weighted by Gasteiger charge is 2.28. The number of aromatic nitrogens is 3. The van der Waals surface area contributed by atoms with E-state index >= 15 is 0 Å². The predicted molar refractivity (Wildman–Crippen MR) is 235 cm³/mol. The summed E-state index contributed by atoms with van der Waals surface area (Å²) in [4.78, 5) is 5.02. The van der Waals surface area contributed by atoms with Crippen molar-refractivity contribution < 1.29 is 4.42 Å². The molecule has 0 radical (unpaired) electrons. The molecule has 1 aliphatic rings. The Labute approximate surface area is 327 Å². The van der Waals surface area contributed by atoms with Crippen LogP contribution < -0.4 is 0 Å². The number of para-hydroxylation sites is 2. The summed E-state index contributed by atoms with van der Waals surface area (Å²) < 4.78 is 11.3. The van der Waals surface area contributed by atoms with Crippen LogP contribution in [-0.2, 0) is 0 Å². The fourth-order valence-corrected chi connectivity index (χ4v) is 9.55. The summed E-state index contributed by atoms with van der Waals surface area (Å²) in [5.74, 6) is 1.50. The SMILES string of the molecule is c1ccc(-n2c3ccc(-c4ccc5c(c4)c4ccccc4n5-c4ccc(-c5nc6c(o5)-c5cccc7cccc-6c57)cc4)cc3c3c4ccccc4ccc32)cc1. The van der Waals surface area contributed by atoms with Gasteiger partial charge in [0.25, 0.3) is 0 Å². The molecule has 0 N–H and O–H groups in total. The largest absolute Gasteiger partial charge is 0.435 e. The Kier molecular flexibility index (Phi) is 6.13. The molecule has 4 heteroatoms. The van der Waals surface area contributed by atoms with Crippen LogP contribution >= 0.6 is 0 Å². The van der Waals surface area contributed by atoms with Crippen molar-refractivity contribution >= 4 is 65.2 Å². The monoisotopic (exact) mass is 725 g/mol. The molecule has 3 aromatic heterocycles. The molecular formula is C53H31N3O. The van der Waals surface area contributed by atoms with Crippen molar-refractivity contribution in [3.63, 3.8) is 0 Å². The fraction of sp³-hybridized carbons (Fsp3) is 0. The van der Waals surface area contributed by atoms with Crippen LogP contribution in [0, 0.1) is 0 Å². The van der Waals surface area contributed by atoms with E-state index in [4.69, 9.17) is 9.40 Å². The minimum absolute atomic E-state index is 0.641. The molecule has 264 valence electrons. The second kappa shape index (κ2) is 11.4. The van der Waals surface area contributed by atoms with Crippen LogP contribution in [0.2, 0.25) is 0 Å². The van der Waals surface area contributed by atoms with Crippen molar-refractivity contribution in [3.8, 4) is 56.5 Å². The van der Waals surface area contributed by atoms with Gasteiger partial charge in [0.2, 0.25) is 5.89 Å². The van der Waals surface area contributed by atoms with Crippen molar-refractivity contribution in [1.82, 2.24) is 14.1 Å². The zero-order valence-corrected chi connectivity index (χ0v) is 30.6. The summed E-state index contributed by atoms with van der Waals surface area (Å²) in [6.07, 6.45) is 0. The fourth-order valence-electron chi connectivity index (χ4n) is 9.55. The number of nitrogens with zero attached hydrogens (tertiary/aromatic N) is 3. The van der Waals surface area contributed by atoms with E-state index in [-0.39, 0.29) is 0 Å². The Morgan fingerprint density at radius 2 is 0.965 bits per heavy atom. The number of hydrogen-bond acceptors (Lipinski definition) is 2. The van der Waals surface area contributed by atoms with Gasteiger partial charge in [0.15, 0.2) is 5.76 Å². The zero-order valence-electron chi connectivity index (χ0n) is 30.6. The molecule has 13 rings (SSSR count). The lowest BCUT2D eigenvalue weighted by Gasteiger charge is -2.10. The summed E-state index contributed by atoms with van der Waals surface area (Å²) in [6, 6.07) is 67.9. The van der Waals surface area contributed by atoms with Gasteiger partial charge in [-0.2, -0.15) is 0 Å². The molecule has 0 bridgehead atoms. The number of hydrogen-bond donors (Lipinski definition) is 0. The molecule has 9 aromatic carbocycles. The summed E-state index contributed by atoms with van der Waals surface area (Å²) in [5.41, 5.74) is 13.5. The average molecular weight is 726 g/mol. The van der Waals surface area contributed by atoms with E-state index in [2.05, 4.69) is 197 Å². The van der Waals surface area contributed by atoms with Gasteiger partial charge in [-0.25, -0.2) is 4.98 Å². The molecule has 0 aliphatic heterocycles. The minimum atomic E-state index is 0.641. The average Bonchev–Trinajstić information content (AvgIpc) is 4.03. The topological polar surface area (TPSA) is 35.9 Å². The number of benzene rings is 9. The van der Waals surface area contributed by atoms with Gasteiger partial charge in [0.1, 0.15) is 5.69 Å². The van der Waals surface area contributed by atoms with E-state index in [1.165, 1.54) is 76.3 Å². The van der Waals surface area contributed by atoms with Gasteiger partial charge < -0.3 is 13.6 Å². The molecular weight excluding hydrogens is 695 g/mol. The maximum atomic E-state index is 6.49. The van der Waals surface area contributed by atoms with Gasteiger partial charge in [0.05, 0.1) is 22.1 Å². The first-order chi connectivity index (χ1) is 28.3. The molecule has 0 saturated heterocycles. The van der Waals surface area contributed by atoms with Gasteiger partial charge in [-0.05, 0) is 100 Å². The maximum absolute atomic E-state index is 6.49. The van der Waals surface area contributed by atoms with Crippen LogP contribution in [0.5, 0.6) is 0 Å². The molecule has 0 spiro atoms. The van der Waals surface area contributed by atoms with Gasteiger partial charge in [-0.1, -0.05) is 115 Å². The molecule has 0 atom stereocenters. The standard InChI is InChI=1S/C53H31N3O/c1-2-13-37(14-3-1)56-47-28-24-36(31-44(47)50-39-15-5-4-10-32(39)22-29-48(50)56)35-23-27-46-43(30-35)40-16-6-7-19-45(40)55(46)38-25-20-34(21-26-38)53-54-51-41-17-8-11-33-12-9-18-42(49(33)41)52(51)57-53/h1-31H. The minimum Gasteiger partial charge on any atom is -0.435 e. The van der Waals surface area contributed by atoms with Gasteiger partial charge >= 0.3 is 0 Å². The van der Waals surface area contributed by atoms with Gasteiger partial charge in [-0.15, -0.1) is 0 Å². The molecule has 12 aromatic rings. The van der Waals surface area contributed by atoms with E-state index in [0.29, 0.717) is 5.89 Å². The van der Waals surface area contributed by atoms with Crippen LogP contribution in [0.1, 0.15) is 0 Å². The highest BCUT2D eigenvalue weighted by molar-refractivity contribution is 6.22. The second-order valence-electron chi connectivity index (χ2n) is 15.1. The van der Waals surface area contributed by atoms with Crippen LogP contribution in [0.15, 0.2) is 192 Å². The zero-order chi connectivity index (χ0) is 37.2. The molecule has 0 amide bonds. The summed E-state index contributed by atoms with van der Waals surface area (Å²) in [5, 5.41) is 9.94. The number of oxazole rings is 1. The molecule has 57 heavy (non-hydrogen) atoms. The lowest BCUT2D eigenvalue weighted by molar-refractivity contribution is 0.590. The summed E-state index contributed by atoms with van der Waals surface area (Å²) >= 11 is 0. The van der Waals surface area contributed by atoms with E-state index in [1.807, 2.05) is 0 Å². The van der Waals surface area contributed by atoms with Crippen molar-refractivity contribution in [2.75, 3.05) is 0 Å². The third-order valence-electron chi connectivity index (χ3n) is 12.1. The number of rotatable bonds is 4. The van der Waals surface area contributed by atoms with Crippen molar-refractivity contribution in [1.29, 1.82) is 0 Å². The quantitative estimate of drug-likeness (QED) is 0.181. The highest BCUT2D eigenvalue weighted by atomic mass is 16.4. The molecule has 1 aliphatic carbocycles. The van der Waals surface area contributed by atoms with Crippen LogP contribution in [0.4, 0.5) is 0 Å². The van der Waals surface area contributed by atoms with E-state index in [0.717, 1.165) is 39.5 Å². The van der Waals surface area contributed by atoms with E-state index in [1.54, 1.807) is 0 Å². The highest BCUT2D eigenvalue weighted by Crippen LogP contribution is 2.48. The van der Waals surface area contributed by atoms with Crippen LogP contribution in [0.3, 0.4) is 0 Å². The third kappa shape index (κ3) is 4.30. The van der Waals surface area contributed by atoms with Crippen LogP contribution in [0.25, 0.3) is 122 Å². The Morgan fingerprint density at radius 3 is 1.79 bits per heavy atom. The van der Waals surface area contributed by atoms with Gasteiger partial charge in [0, 0.05) is 55.0 Å². The van der Waals surface area contributed by atoms with Crippen LogP contribution in [-0.4, -0.2) is 14.1 Å². The Morgan fingerprint density at radius 1 is 0.368 bits per heavy atom. The Balaban J connectivity index is 0.930. The third-order valence-corrected chi connectivity index (χ3v) is 12.1. The van der Waals surface area contributed by atoms with Crippen molar-refractivity contribution in [3.05, 3.63) is 188 Å². The number of fused-ring (bicyclic) bond motifs is 11. The Bertz CT molecular complexity index is 3570.